The SMILES string of the molecule is Nc1noc(CC2CCCCC2)c1-c1ccccc1F. The van der Waals surface area contributed by atoms with Crippen LogP contribution in [0.5, 0.6) is 0 Å². The van der Waals surface area contributed by atoms with Gasteiger partial charge in [-0.2, -0.15) is 0 Å². The van der Waals surface area contributed by atoms with Crippen molar-refractivity contribution in [2.75, 3.05) is 5.73 Å². The molecule has 4 heteroatoms. The molecule has 2 aromatic rings. The van der Waals surface area contributed by atoms with Crippen molar-refractivity contribution >= 4 is 5.82 Å². The minimum atomic E-state index is -0.285. The molecule has 0 atom stereocenters. The Balaban J connectivity index is 1.91. The Morgan fingerprint density at radius 2 is 1.95 bits per heavy atom. The molecule has 0 amide bonds. The molecule has 2 N–H and O–H groups in total. The molecule has 1 heterocycles. The zero-order chi connectivity index (χ0) is 13.9. The first-order valence-electron chi connectivity index (χ1n) is 7.24. The van der Waals surface area contributed by atoms with Gasteiger partial charge in [0.05, 0.1) is 5.56 Å². The van der Waals surface area contributed by atoms with Crippen LogP contribution < -0.4 is 5.73 Å². The molecule has 3 rings (SSSR count). The lowest BCUT2D eigenvalue weighted by Crippen LogP contribution is -2.09. The van der Waals surface area contributed by atoms with Crippen molar-refractivity contribution < 1.29 is 8.91 Å². The standard InChI is InChI=1S/C16H19FN2O/c17-13-9-5-4-8-12(13)15-14(20-19-16(15)18)10-11-6-2-1-3-7-11/h4-5,8-9,11H,1-3,6-7,10H2,(H2,18,19). The summed E-state index contributed by atoms with van der Waals surface area (Å²) in [5, 5.41) is 3.84. The molecule has 3 nitrogen and oxygen atoms in total. The topological polar surface area (TPSA) is 52.0 Å². The first kappa shape index (κ1) is 13.2. The summed E-state index contributed by atoms with van der Waals surface area (Å²) in [7, 11) is 0. The molecular weight excluding hydrogens is 255 g/mol. The summed E-state index contributed by atoms with van der Waals surface area (Å²) < 4.78 is 19.3. The summed E-state index contributed by atoms with van der Waals surface area (Å²) in [5.41, 5.74) is 6.99. The van der Waals surface area contributed by atoms with Crippen LogP contribution in [0.1, 0.15) is 37.9 Å². The van der Waals surface area contributed by atoms with Gasteiger partial charge in [0.2, 0.25) is 0 Å². The second-order valence-corrected chi connectivity index (χ2v) is 5.55. The Morgan fingerprint density at radius 3 is 2.70 bits per heavy atom. The molecule has 0 unspecified atom stereocenters. The fourth-order valence-corrected chi connectivity index (χ4v) is 3.08. The summed E-state index contributed by atoms with van der Waals surface area (Å²) in [6, 6.07) is 6.63. The van der Waals surface area contributed by atoms with Crippen LogP contribution in [-0.2, 0) is 6.42 Å². The van der Waals surface area contributed by atoms with E-state index >= 15 is 0 Å². The Kier molecular flexibility index (Phi) is 3.72. The molecule has 1 aromatic heterocycles. The van der Waals surface area contributed by atoms with Crippen molar-refractivity contribution in [2.24, 2.45) is 5.92 Å². The van der Waals surface area contributed by atoms with Gasteiger partial charge in [-0.05, 0) is 12.0 Å². The molecule has 1 aliphatic rings. The number of anilines is 1. The lowest BCUT2D eigenvalue weighted by Gasteiger charge is -2.20. The first-order chi connectivity index (χ1) is 9.75. The number of hydrogen-bond acceptors (Lipinski definition) is 3. The van der Waals surface area contributed by atoms with Gasteiger partial charge >= 0.3 is 0 Å². The maximum absolute atomic E-state index is 14.0. The van der Waals surface area contributed by atoms with Crippen molar-refractivity contribution in [1.82, 2.24) is 5.16 Å². The molecule has 1 saturated carbocycles. The van der Waals surface area contributed by atoms with Gasteiger partial charge in [0.15, 0.2) is 5.82 Å². The highest BCUT2D eigenvalue weighted by atomic mass is 19.1. The van der Waals surface area contributed by atoms with E-state index in [1.807, 2.05) is 0 Å². The molecular formula is C16H19FN2O. The van der Waals surface area contributed by atoms with E-state index in [1.54, 1.807) is 18.2 Å². The maximum atomic E-state index is 14.0. The largest absolute Gasteiger partial charge is 0.380 e. The number of nitrogen functional groups attached to an aromatic ring is 1. The minimum absolute atomic E-state index is 0.279. The summed E-state index contributed by atoms with van der Waals surface area (Å²) in [6.45, 7) is 0. The molecule has 1 aromatic carbocycles. The molecule has 20 heavy (non-hydrogen) atoms. The molecule has 1 fully saturated rings. The van der Waals surface area contributed by atoms with Gasteiger partial charge in [0, 0.05) is 12.0 Å². The average Bonchev–Trinajstić information content (AvgIpc) is 2.82. The number of nitrogens with two attached hydrogens (primary N) is 1. The van der Waals surface area contributed by atoms with E-state index in [4.69, 9.17) is 10.3 Å². The molecule has 106 valence electrons. The smallest absolute Gasteiger partial charge is 0.175 e. The Hall–Kier alpha value is -1.84. The van der Waals surface area contributed by atoms with E-state index in [0.29, 0.717) is 17.0 Å². The van der Waals surface area contributed by atoms with Crippen LogP contribution in [0.25, 0.3) is 11.1 Å². The molecule has 0 aliphatic heterocycles. The van der Waals surface area contributed by atoms with Gasteiger partial charge in [-0.3, -0.25) is 0 Å². The number of nitrogens with zero attached hydrogens (tertiary/aromatic N) is 1. The van der Waals surface area contributed by atoms with E-state index < -0.39 is 0 Å². The van der Waals surface area contributed by atoms with Gasteiger partial charge in [-0.25, -0.2) is 4.39 Å². The molecule has 0 bridgehead atoms. The van der Waals surface area contributed by atoms with Gasteiger partial charge < -0.3 is 10.3 Å². The van der Waals surface area contributed by atoms with E-state index in [-0.39, 0.29) is 11.6 Å². The second kappa shape index (κ2) is 5.65. The highest BCUT2D eigenvalue weighted by molar-refractivity contribution is 5.75. The van der Waals surface area contributed by atoms with Crippen molar-refractivity contribution in [3.63, 3.8) is 0 Å². The quantitative estimate of drug-likeness (QED) is 0.913. The van der Waals surface area contributed by atoms with Gasteiger partial charge in [-0.15, -0.1) is 0 Å². The van der Waals surface area contributed by atoms with Crippen molar-refractivity contribution in [2.45, 2.75) is 38.5 Å². The van der Waals surface area contributed by atoms with Crippen LogP contribution in [0, 0.1) is 11.7 Å². The van der Waals surface area contributed by atoms with Crippen LogP contribution >= 0.6 is 0 Å². The van der Waals surface area contributed by atoms with Crippen molar-refractivity contribution in [3.8, 4) is 11.1 Å². The minimum Gasteiger partial charge on any atom is -0.380 e. The third-order valence-electron chi connectivity index (χ3n) is 4.13. The lowest BCUT2D eigenvalue weighted by molar-refractivity contribution is 0.311. The van der Waals surface area contributed by atoms with Crippen LogP contribution in [0.4, 0.5) is 10.2 Å². The normalized spacial score (nSPS) is 16.4. The second-order valence-electron chi connectivity index (χ2n) is 5.55. The predicted octanol–water partition coefficient (Wildman–Crippen LogP) is 4.19. The maximum Gasteiger partial charge on any atom is 0.175 e. The van der Waals surface area contributed by atoms with E-state index in [1.165, 1.54) is 38.2 Å². The zero-order valence-corrected chi connectivity index (χ0v) is 11.4. The number of aromatic nitrogens is 1. The van der Waals surface area contributed by atoms with Crippen LogP contribution in [-0.4, -0.2) is 5.16 Å². The molecule has 0 spiro atoms. The van der Waals surface area contributed by atoms with Crippen molar-refractivity contribution in [3.05, 3.63) is 35.8 Å². The lowest BCUT2D eigenvalue weighted by atomic mass is 9.85. The van der Waals surface area contributed by atoms with E-state index in [0.717, 1.165) is 12.2 Å². The molecule has 1 aliphatic carbocycles. The number of benzene rings is 1. The molecule has 0 saturated heterocycles. The fourth-order valence-electron chi connectivity index (χ4n) is 3.08. The zero-order valence-electron chi connectivity index (χ0n) is 11.4. The first-order valence-corrected chi connectivity index (χ1v) is 7.24. The highest BCUT2D eigenvalue weighted by Gasteiger charge is 2.23. The van der Waals surface area contributed by atoms with Crippen LogP contribution in [0.3, 0.4) is 0 Å². The number of hydrogen-bond donors (Lipinski definition) is 1. The van der Waals surface area contributed by atoms with E-state index in [9.17, 15) is 4.39 Å². The van der Waals surface area contributed by atoms with Crippen molar-refractivity contribution in [1.29, 1.82) is 0 Å². The Labute approximate surface area is 118 Å². The van der Waals surface area contributed by atoms with Gasteiger partial charge in [0.25, 0.3) is 0 Å². The van der Waals surface area contributed by atoms with E-state index in [2.05, 4.69) is 5.16 Å². The molecule has 0 radical (unpaired) electrons. The number of halogens is 1. The number of rotatable bonds is 3. The summed E-state index contributed by atoms with van der Waals surface area (Å²) in [4.78, 5) is 0. The Bertz CT molecular complexity index is 588. The third-order valence-corrected chi connectivity index (χ3v) is 4.13. The predicted molar refractivity (Wildman–Crippen MR) is 76.6 cm³/mol. The Morgan fingerprint density at radius 1 is 1.20 bits per heavy atom. The van der Waals surface area contributed by atoms with Crippen LogP contribution in [0.15, 0.2) is 28.8 Å². The van der Waals surface area contributed by atoms with Crippen LogP contribution in [0.2, 0.25) is 0 Å². The van der Waals surface area contributed by atoms with Gasteiger partial charge in [-0.1, -0.05) is 55.5 Å². The summed E-state index contributed by atoms with van der Waals surface area (Å²) in [6.07, 6.45) is 7.06. The van der Waals surface area contributed by atoms with Gasteiger partial charge in [0.1, 0.15) is 11.6 Å². The average molecular weight is 274 g/mol. The fraction of sp³-hybridized carbons (Fsp3) is 0.438. The third kappa shape index (κ3) is 2.55. The summed E-state index contributed by atoms with van der Waals surface area (Å²) >= 11 is 0. The summed E-state index contributed by atoms with van der Waals surface area (Å²) in [5.74, 6) is 1.31. The monoisotopic (exact) mass is 274 g/mol. The highest BCUT2D eigenvalue weighted by Crippen LogP contribution is 2.35.